The van der Waals surface area contributed by atoms with Crippen molar-refractivity contribution in [2.24, 2.45) is 5.73 Å². The van der Waals surface area contributed by atoms with Crippen molar-refractivity contribution in [1.82, 2.24) is 0 Å². The lowest BCUT2D eigenvalue weighted by atomic mass is 10.1. The Hall–Kier alpha value is -1.33. The van der Waals surface area contributed by atoms with Gasteiger partial charge in [0.15, 0.2) is 0 Å². The number of hydrogen-bond acceptors (Lipinski definition) is 5. The summed E-state index contributed by atoms with van der Waals surface area (Å²) >= 11 is 7.01. The van der Waals surface area contributed by atoms with Gasteiger partial charge in [-0.2, -0.15) is 0 Å². The Kier molecular flexibility index (Phi) is 3.88. The Bertz CT molecular complexity index is 426. The van der Waals surface area contributed by atoms with Gasteiger partial charge in [0.1, 0.15) is 9.21 Å². The molecule has 0 unspecified atom stereocenters. The quantitative estimate of drug-likeness (QED) is 0.632. The molecule has 3 N–H and O–H groups in total. The molecule has 80 valence electrons. The van der Waals surface area contributed by atoms with Gasteiger partial charge in [0.25, 0.3) is 0 Å². The minimum absolute atomic E-state index is 0.388. The molecule has 0 saturated heterocycles. The van der Waals surface area contributed by atoms with Crippen molar-refractivity contribution in [3.05, 3.63) is 27.0 Å². The van der Waals surface area contributed by atoms with E-state index in [4.69, 9.17) is 22.7 Å². The summed E-state index contributed by atoms with van der Waals surface area (Å²) in [6.07, 6.45) is 2.34. The summed E-state index contributed by atoms with van der Waals surface area (Å²) in [7, 11) is 1.30. The van der Waals surface area contributed by atoms with E-state index in [0.717, 1.165) is 17.6 Å². The van der Waals surface area contributed by atoms with Crippen LogP contribution in [0.5, 0.6) is 0 Å². The zero-order valence-electron chi connectivity index (χ0n) is 7.91. The zero-order chi connectivity index (χ0) is 11.4. The van der Waals surface area contributed by atoms with Crippen LogP contribution < -0.4 is 5.73 Å². The second-order valence-corrected chi connectivity index (χ2v) is 4.21. The molecule has 1 aromatic rings. The van der Waals surface area contributed by atoms with Gasteiger partial charge in [-0.1, -0.05) is 11.6 Å². The summed E-state index contributed by atoms with van der Waals surface area (Å²) in [6.45, 7) is 0. The average molecular weight is 245 g/mol. The van der Waals surface area contributed by atoms with E-state index in [-0.39, 0.29) is 0 Å². The normalized spacial score (nSPS) is 11.2. The maximum atomic E-state index is 11.2. The molecule has 0 spiro atoms. The number of methoxy groups -OCH3 is 1. The first-order chi connectivity index (χ1) is 7.13. The summed E-state index contributed by atoms with van der Waals surface area (Å²) in [5, 5.41) is 7.11. The van der Waals surface area contributed by atoms with E-state index >= 15 is 0 Å². The molecule has 0 aromatic carbocycles. The minimum atomic E-state index is -0.450. The van der Waals surface area contributed by atoms with Crippen molar-refractivity contribution in [3.8, 4) is 0 Å². The number of rotatable bonds is 3. The monoisotopic (exact) mass is 244 g/mol. The molecule has 1 heterocycles. The third-order valence-corrected chi connectivity index (χ3v) is 3.06. The molecular formula is C9H9ClN2O2S. The third-order valence-electron chi connectivity index (χ3n) is 1.72. The van der Waals surface area contributed by atoms with Crippen LogP contribution in [0, 0.1) is 5.41 Å². The first-order valence-electron chi connectivity index (χ1n) is 3.94. The molecule has 0 aliphatic carbocycles. The highest BCUT2D eigenvalue weighted by atomic mass is 35.5. The second kappa shape index (κ2) is 4.95. The van der Waals surface area contributed by atoms with Gasteiger partial charge in [0.2, 0.25) is 0 Å². The third kappa shape index (κ3) is 2.37. The van der Waals surface area contributed by atoms with Crippen LogP contribution in [-0.4, -0.2) is 19.3 Å². The van der Waals surface area contributed by atoms with Gasteiger partial charge in [-0.3, -0.25) is 0 Å². The van der Waals surface area contributed by atoms with Crippen molar-refractivity contribution in [3.63, 3.8) is 0 Å². The standard InChI is InChI=1S/C9H9ClN2O2S/c1-14-9(13)7-2-6(8(10)15-7)5(3-11)4-12/h2-4,11H,12H2,1H3/b5-4+,11-3?. The number of carbonyl (C=O) groups excluding carboxylic acids is 1. The number of nitrogens with two attached hydrogens (primary N) is 1. The lowest BCUT2D eigenvalue weighted by molar-refractivity contribution is 0.0606. The number of hydrogen-bond donors (Lipinski definition) is 2. The summed E-state index contributed by atoms with van der Waals surface area (Å²) < 4.78 is 4.97. The molecule has 1 aromatic heterocycles. The van der Waals surface area contributed by atoms with Gasteiger partial charge in [-0.25, -0.2) is 4.79 Å². The smallest absolute Gasteiger partial charge is 0.348 e. The fourth-order valence-electron chi connectivity index (χ4n) is 0.982. The van der Waals surface area contributed by atoms with E-state index in [1.807, 2.05) is 0 Å². The molecule has 1 rings (SSSR count). The largest absolute Gasteiger partial charge is 0.465 e. The number of halogens is 1. The van der Waals surface area contributed by atoms with Crippen LogP contribution in [0.4, 0.5) is 0 Å². The molecule has 0 amide bonds. The molecule has 4 nitrogen and oxygen atoms in total. The van der Waals surface area contributed by atoms with Crippen LogP contribution in [-0.2, 0) is 4.74 Å². The summed E-state index contributed by atoms with van der Waals surface area (Å²) in [6, 6.07) is 1.56. The Morgan fingerprint density at radius 1 is 1.73 bits per heavy atom. The van der Waals surface area contributed by atoms with Crippen molar-refractivity contribution < 1.29 is 9.53 Å². The predicted molar refractivity (Wildman–Crippen MR) is 61.6 cm³/mol. The molecule has 0 bridgehead atoms. The maximum absolute atomic E-state index is 11.2. The number of thiophene rings is 1. The lowest BCUT2D eigenvalue weighted by Gasteiger charge is -1.95. The minimum Gasteiger partial charge on any atom is -0.465 e. The number of esters is 1. The van der Waals surface area contributed by atoms with Crippen molar-refractivity contribution in [2.75, 3.05) is 7.11 Å². The molecular weight excluding hydrogens is 236 g/mol. The van der Waals surface area contributed by atoms with Crippen LogP contribution in [0.25, 0.3) is 5.57 Å². The van der Waals surface area contributed by atoms with Gasteiger partial charge in [-0.05, 0) is 6.07 Å². The lowest BCUT2D eigenvalue weighted by Crippen LogP contribution is -1.97. The molecule has 0 radical (unpaired) electrons. The Balaban J connectivity index is 3.17. The first-order valence-corrected chi connectivity index (χ1v) is 5.13. The molecule has 0 fully saturated rings. The predicted octanol–water partition coefficient (Wildman–Crippen LogP) is 2.14. The fourth-order valence-corrected chi connectivity index (χ4v) is 2.22. The van der Waals surface area contributed by atoms with Crippen molar-refractivity contribution in [2.45, 2.75) is 0 Å². The van der Waals surface area contributed by atoms with Crippen molar-refractivity contribution in [1.29, 1.82) is 5.41 Å². The van der Waals surface area contributed by atoms with E-state index in [2.05, 4.69) is 4.74 Å². The molecule has 6 heteroatoms. The fraction of sp³-hybridized carbons (Fsp3) is 0.111. The van der Waals surface area contributed by atoms with Crippen molar-refractivity contribution >= 4 is 40.7 Å². The van der Waals surface area contributed by atoms with E-state index in [9.17, 15) is 4.79 Å². The topological polar surface area (TPSA) is 76.2 Å². The van der Waals surface area contributed by atoms with Crippen LogP contribution in [0.3, 0.4) is 0 Å². The SMILES string of the molecule is COC(=O)c1cc(/C(C=N)=C/N)c(Cl)s1. The summed E-state index contributed by atoms with van der Waals surface area (Å²) in [4.78, 5) is 11.6. The van der Waals surface area contributed by atoms with Gasteiger partial charge in [-0.15, -0.1) is 11.3 Å². The summed E-state index contributed by atoms with van der Waals surface area (Å²) in [5.41, 5.74) is 6.35. The van der Waals surface area contributed by atoms with E-state index < -0.39 is 5.97 Å². The number of nitrogens with one attached hydrogen (secondary N) is 1. The zero-order valence-corrected chi connectivity index (χ0v) is 9.48. The van der Waals surface area contributed by atoms with E-state index in [1.165, 1.54) is 13.3 Å². The van der Waals surface area contributed by atoms with Gasteiger partial charge in [0, 0.05) is 23.6 Å². The molecule has 0 atom stereocenters. The van der Waals surface area contributed by atoms with Gasteiger partial charge < -0.3 is 15.9 Å². The average Bonchev–Trinajstić information content (AvgIpc) is 2.62. The molecule has 0 saturated carbocycles. The van der Waals surface area contributed by atoms with Gasteiger partial charge in [0.05, 0.1) is 7.11 Å². The van der Waals surface area contributed by atoms with Crippen LogP contribution >= 0.6 is 22.9 Å². The van der Waals surface area contributed by atoms with Gasteiger partial charge >= 0.3 is 5.97 Å². The highest BCUT2D eigenvalue weighted by molar-refractivity contribution is 7.18. The number of allylic oxidation sites excluding steroid dienone is 1. The summed E-state index contributed by atoms with van der Waals surface area (Å²) in [5.74, 6) is -0.450. The Labute approximate surface area is 95.8 Å². The van der Waals surface area contributed by atoms with E-state index in [1.54, 1.807) is 6.07 Å². The molecule has 15 heavy (non-hydrogen) atoms. The molecule has 0 aliphatic rings. The Morgan fingerprint density at radius 3 is 2.87 bits per heavy atom. The highest BCUT2D eigenvalue weighted by Crippen LogP contribution is 2.32. The number of ether oxygens (including phenoxy) is 1. The van der Waals surface area contributed by atoms with E-state index in [0.29, 0.717) is 20.4 Å². The maximum Gasteiger partial charge on any atom is 0.348 e. The second-order valence-electron chi connectivity index (χ2n) is 2.56. The molecule has 0 aliphatic heterocycles. The highest BCUT2D eigenvalue weighted by Gasteiger charge is 2.15. The Morgan fingerprint density at radius 2 is 2.40 bits per heavy atom. The van der Waals surface area contributed by atoms with Crippen LogP contribution in [0.1, 0.15) is 15.2 Å². The van der Waals surface area contributed by atoms with Crippen LogP contribution in [0.15, 0.2) is 12.3 Å². The number of carbonyl (C=O) groups is 1. The first kappa shape index (κ1) is 11.7. The van der Waals surface area contributed by atoms with Crippen LogP contribution in [0.2, 0.25) is 4.34 Å².